The zero-order valence-corrected chi connectivity index (χ0v) is 12.9. The minimum absolute atomic E-state index is 0.0498. The van der Waals surface area contributed by atoms with Gasteiger partial charge in [0.25, 0.3) is 5.69 Å². The first-order chi connectivity index (χ1) is 9.73. The Balaban J connectivity index is 3.01. The van der Waals surface area contributed by atoms with Crippen molar-refractivity contribution in [1.29, 1.82) is 0 Å². The lowest BCUT2D eigenvalue weighted by Gasteiger charge is -2.25. The van der Waals surface area contributed by atoms with Crippen molar-refractivity contribution in [2.45, 2.75) is 27.7 Å². The van der Waals surface area contributed by atoms with Crippen LogP contribution in [-0.2, 0) is 0 Å². The summed E-state index contributed by atoms with van der Waals surface area (Å²) in [6.45, 7) is 9.11. The maximum atomic E-state index is 11.2. The Morgan fingerprint density at radius 1 is 1.29 bits per heavy atom. The van der Waals surface area contributed by atoms with Gasteiger partial charge in [-0.3, -0.25) is 14.9 Å². The van der Waals surface area contributed by atoms with Crippen molar-refractivity contribution in [2.24, 2.45) is 23.5 Å². The van der Waals surface area contributed by atoms with Crippen molar-refractivity contribution in [3.63, 3.8) is 0 Å². The Hall–Kier alpha value is -2.11. The second-order valence-corrected chi connectivity index (χ2v) is 5.89. The van der Waals surface area contributed by atoms with Crippen molar-refractivity contribution in [1.82, 2.24) is 0 Å². The number of hydrogen-bond acceptors (Lipinski definition) is 4. The molecule has 6 heteroatoms. The van der Waals surface area contributed by atoms with Gasteiger partial charge in [-0.1, -0.05) is 27.7 Å². The number of rotatable bonds is 7. The fraction of sp³-hybridized carbons (Fsp3) is 0.533. The minimum atomic E-state index is -0.600. The first kappa shape index (κ1) is 16.9. The number of amides is 1. The van der Waals surface area contributed by atoms with Crippen LogP contribution < -0.4 is 11.1 Å². The smallest absolute Gasteiger partial charge is 0.292 e. The van der Waals surface area contributed by atoms with Crippen LogP contribution >= 0.6 is 0 Å². The lowest BCUT2D eigenvalue weighted by molar-refractivity contribution is -0.384. The summed E-state index contributed by atoms with van der Waals surface area (Å²) in [5.41, 5.74) is 5.77. The third kappa shape index (κ3) is 4.44. The summed E-state index contributed by atoms with van der Waals surface area (Å²) in [6, 6.07) is 4.12. The highest BCUT2D eigenvalue weighted by atomic mass is 16.6. The standard InChI is InChI=1S/C15H23N3O3/c1-9(2)12(10(3)4)8-17-13-7-11(15(16)19)5-6-14(13)18(20)21/h5-7,9-10,12,17H,8H2,1-4H3,(H2,16,19). The number of nitro benzene ring substituents is 1. The van der Waals surface area contributed by atoms with Crippen molar-refractivity contribution < 1.29 is 9.72 Å². The second kappa shape index (κ2) is 7.06. The van der Waals surface area contributed by atoms with Gasteiger partial charge in [0.05, 0.1) is 4.92 Å². The number of nitro groups is 1. The summed E-state index contributed by atoms with van der Waals surface area (Å²) < 4.78 is 0. The Labute approximate surface area is 124 Å². The van der Waals surface area contributed by atoms with E-state index in [1.54, 1.807) is 0 Å². The van der Waals surface area contributed by atoms with Gasteiger partial charge in [-0.05, 0) is 29.9 Å². The number of anilines is 1. The average Bonchev–Trinajstić information content (AvgIpc) is 2.37. The Kier molecular flexibility index (Phi) is 5.69. The van der Waals surface area contributed by atoms with Crippen LogP contribution in [0.3, 0.4) is 0 Å². The van der Waals surface area contributed by atoms with Crippen LogP contribution in [0.25, 0.3) is 0 Å². The zero-order valence-electron chi connectivity index (χ0n) is 12.9. The number of primary amides is 1. The van der Waals surface area contributed by atoms with Crippen molar-refractivity contribution in [3.8, 4) is 0 Å². The third-order valence-corrected chi connectivity index (χ3v) is 3.72. The van der Waals surface area contributed by atoms with Gasteiger partial charge in [0, 0.05) is 18.2 Å². The molecule has 0 aromatic heterocycles. The van der Waals surface area contributed by atoms with Crippen LogP contribution in [0.5, 0.6) is 0 Å². The molecule has 0 unspecified atom stereocenters. The number of carbonyl (C=O) groups is 1. The van der Waals surface area contributed by atoms with Gasteiger partial charge in [-0.15, -0.1) is 0 Å². The minimum Gasteiger partial charge on any atom is -0.379 e. The van der Waals surface area contributed by atoms with Crippen LogP contribution in [0.15, 0.2) is 18.2 Å². The molecule has 0 bridgehead atoms. The van der Waals surface area contributed by atoms with Gasteiger partial charge in [0.1, 0.15) is 5.69 Å². The van der Waals surface area contributed by atoms with E-state index >= 15 is 0 Å². The molecule has 0 aliphatic heterocycles. The molecule has 1 rings (SSSR count). The number of carbonyl (C=O) groups excluding carboxylic acids is 1. The van der Waals surface area contributed by atoms with Crippen molar-refractivity contribution in [3.05, 3.63) is 33.9 Å². The molecule has 1 aromatic carbocycles. The van der Waals surface area contributed by atoms with Crippen molar-refractivity contribution >= 4 is 17.3 Å². The maximum Gasteiger partial charge on any atom is 0.292 e. The summed E-state index contributed by atoms with van der Waals surface area (Å²) in [4.78, 5) is 21.8. The molecule has 0 atom stereocenters. The zero-order chi connectivity index (χ0) is 16.2. The average molecular weight is 293 g/mol. The molecule has 1 aromatic rings. The van der Waals surface area contributed by atoms with Gasteiger partial charge in [-0.25, -0.2) is 0 Å². The molecule has 0 fully saturated rings. The largest absolute Gasteiger partial charge is 0.379 e. The van der Waals surface area contributed by atoms with Crippen LogP contribution in [0.4, 0.5) is 11.4 Å². The molecule has 0 saturated carbocycles. The topological polar surface area (TPSA) is 98.3 Å². The summed E-state index contributed by atoms with van der Waals surface area (Å²) in [7, 11) is 0. The molecule has 0 saturated heterocycles. The van der Waals surface area contributed by atoms with Crippen LogP contribution in [0.1, 0.15) is 38.1 Å². The SMILES string of the molecule is CC(C)C(CNc1cc(C(N)=O)ccc1[N+](=O)[O-])C(C)C. The number of hydrogen-bond donors (Lipinski definition) is 2. The van der Waals surface area contributed by atoms with Gasteiger partial charge in [0.15, 0.2) is 0 Å². The molecule has 0 aliphatic carbocycles. The van der Waals surface area contributed by atoms with Crippen molar-refractivity contribution in [2.75, 3.05) is 11.9 Å². The molecule has 116 valence electrons. The molecule has 21 heavy (non-hydrogen) atoms. The van der Waals surface area contributed by atoms with Gasteiger partial charge in [0.2, 0.25) is 5.91 Å². The summed E-state index contributed by atoms with van der Waals surface area (Å²) in [6.07, 6.45) is 0. The normalized spacial score (nSPS) is 11.2. The molecule has 0 heterocycles. The van der Waals surface area contributed by atoms with E-state index in [0.717, 1.165) is 0 Å². The van der Waals surface area contributed by atoms with Gasteiger partial charge < -0.3 is 11.1 Å². The van der Waals surface area contributed by atoms with Crippen LogP contribution in [0, 0.1) is 27.9 Å². The van der Waals surface area contributed by atoms with E-state index in [1.165, 1.54) is 18.2 Å². The van der Waals surface area contributed by atoms with Gasteiger partial charge >= 0.3 is 0 Å². The van der Waals surface area contributed by atoms with E-state index in [2.05, 4.69) is 33.0 Å². The van der Waals surface area contributed by atoms with Crippen LogP contribution in [-0.4, -0.2) is 17.4 Å². The van der Waals surface area contributed by atoms with E-state index < -0.39 is 10.8 Å². The molecule has 0 aliphatic rings. The van der Waals surface area contributed by atoms with E-state index in [9.17, 15) is 14.9 Å². The van der Waals surface area contributed by atoms with Crippen LogP contribution in [0.2, 0.25) is 0 Å². The predicted octanol–water partition coefficient (Wildman–Crippen LogP) is 3.03. The lowest BCUT2D eigenvalue weighted by atomic mass is 9.85. The lowest BCUT2D eigenvalue weighted by Crippen LogP contribution is -2.25. The first-order valence-corrected chi connectivity index (χ1v) is 7.06. The highest BCUT2D eigenvalue weighted by molar-refractivity contribution is 5.94. The van der Waals surface area contributed by atoms with E-state index in [4.69, 9.17) is 5.73 Å². The Bertz CT molecular complexity index is 519. The predicted molar refractivity (Wildman–Crippen MR) is 83.3 cm³/mol. The fourth-order valence-corrected chi connectivity index (χ4v) is 2.46. The summed E-state index contributed by atoms with van der Waals surface area (Å²) in [5, 5.41) is 14.2. The third-order valence-electron chi connectivity index (χ3n) is 3.72. The molecule has 1 amide bonds. The Morgan fingerprint density at radius 2 is 1.86 bits per heavy atom. The van der Waals surface area contributed by atoms with Gasteiger partial charge in [-0.2, -0.15) is 0 Å². The molecular weight excluding hydrogens is 270 g/mol. The number of nitrogens with one attached hydrogen (secondary N) is 1. The van der Waals surface area contributed by atoms with E-state index in [-0.39, 0.29) is 11.3 Å². The second-order valence-electron chi connectivity index (χ2n) is 5.89. The highest BCUT2D eigenvalue weighted by Gasteiger charge is 2.20. The maximum absolute atomic E-state index is 11.2. The molecule has 3 N–H and O–H groups in total. The first-order valence-electron chi connectivity index (χ1n) is 7.06. The Morgan fingerprint density at radius 3 is 2.29 bits per heavy atom. The molecular formula is C15H23N3O3. The molecule has 6 nitrogen and oxygen atoms in total. The van der Waals surface area contributed by atoms with E-state index in [1.807, 2.05) is 0 Å². The van der Waals surface area contributed by atoms with E-state index in [0.29, 0.717) is 30.0 Å². The monoisotopic (exact) mass is 293 g/mol. The summed E-state index contributed by atoms with van der Waals surface area (Å²) >= 11 is 0. The highest BCUT2D eigenvalue weighted by Crippen LogP contribution is 2.27. The molecule has 0 spiro atoms. The number of nitrogens with zero attached hydrogens (tertiary/aromatic N) is 1. The number of benzene rings is 1. The summed E-state index contributed by atoms with van der Waals surface area (Å²) in [5.74, 6) is 0.686. The number of nitrogens with two attached hydrogens (primary N) is 1. The molecule has 0 radical (unpaired) electrons. The quantitative estimate of drug-likeness (QED) is 0.596. The fourth-order valence-electron chi connectivity index (χ4n) is 2.46.